The van der Waals surface area contributed by atoms with Gasteiger partial charge in [-0.15, -0.1) is 0 Å². The molecule has 1 aliphatic heterocycles. The number of hydrogen-bond donors (Lipinski definition) is 1. The van der Waals surface area contributed by atoms with Gasteiger partial charge < -0.3 is 10.1 Å². The van der Waals surface area contributed by atoms with E-state index < -0.39 is 10.0 Å². The smallest absolute Gasteiger partial charge is 0.244 e. The Morgan fingerprint density at radius 2 is 2.08 bits per heavy atom. The molecule has 0 unspecified atom stereocenters. The molecule has 6 heteroatoms. The second-order valence-electron chi connectivity index (χ2n) is 6.17. The van der Waals surface area contributed by atoms with Crippen LogP contribution in [0.3, 0.4) is 0 Å². The summed E-state index contributed by atoms with van der Waals surface area (Å²) in [5.41, 5.74) is 0.603. The molecule has 26 heavy (non-hydrogen) atoms. The average Bonchev–Trinajstić information content (AvgIpc) is 2.68. The minimum Gasteiger partial charge on any atom is -0.497 e. The molecule has 1 aliphatic rings. The Kier molecular flexibility index (Phi) is 8.17. The van der Waals surface area contributed by atoms with Crippen molar-refractivity contribution in [1.29, 1.82) is 0 Å². The third-order valence-corrected chi connectivity index (χ3v) is 6.21. The predicted octanol–water partition coefficient (Wildman–Crippen LogP) is 2.85. The summed E-state index contributed by atoms with van der Waals surface area (Å²) in [4.78, 5) is 0.237. The molecule has 1 saturated heterocycles. The van der Waals surface area contributed by atoms with Crippen molar-refractivity contribution in [2.45, 2.75) is 32.6 Å². The molecule has 0 bridgehead atoms. The first kappa shape index (κ1) is 20.5. The van der Waals surface area contributed by atoms with Crippen LogP contribution in [0.4, 0.5) is 0 Å². The molecule has 0 saturated carbocycles. The Bertz CT molecular complexity index is 770. The van der Waals surface area contributed by atoms with E-state index in [1.165, 1.54) is 10.4 Å². The van der Waals surface area contributed by atoms with E-state index in [9.17, 15) is 8.42 Å². The van der Waals surface area contributed by atoms with Crippen molar-refractivity contribution in [1.82, 2.24) is 9.62 Å². The van der Waals surface area contributed by atoms with Crippen molar-refractivity contribution in [3.05, 3.63) is 35.9 Å². The van der Waals surface area contributed by atoms with Gasteiger partial charge in [-0.25, -0.2) is 8.42 Å². The predicted molar refractivity (Wildman–Crippen MR) is 106 cm³/mol. The van der Waals surface area contributed by atoms with Gasteiger partial charge in [0, 0.05) is 38.7 Å². The van der Waals surface area contributed by atoms with E-state index in [-0.39, 0.29) is 4.91 Å². The number of allylic oxidation sites excluding steroid dienone is 1. The van der Waals surface area contributed by atoms with Gasteiger partial charge in [0.2, 0.25) is 10.0 Å². The molecule has 1 N–H and O–H groups in total. The van der Waals surface area contributed by atoms with E-state index in [1.807, 2.05) is 0 Å². The Morgan fingerprint density at radius 1 is 1.31 bits per heavy atom. The molecule has 0 radical (unpaired) electrons. The number of ether oxygens (including phenoxy) is 1. The highest BCUT2D eigenvalue weighted by atomic mass is 32.2. The number of nitrogens with one attached hydrogen (secondary N) is 1. The van der Waals surface area contributed by atoms with Gasteiger partial charge in [-0.05, 0) is 24.1 Å². The quantitative estimate of drug-likeness (QED) is 0.587. The van der Waals surface area contributed by atoms with Gasteiger partial charge in [0.15, 0.2) is 0 Å². The van der Waals surface area contributed by atoms with Crippen molar-refractivity contribution in [3.63, 3.8) is 0 Å². The lowest BCUT2D eigenvalue weighted by Gasteiger charge is -2.27. The summed E-state index contributed by atoms with van der Waals surface area (Å²) < 4.78 is 33.1. The van der Waals surface area contributed by atoms with E-state index >= 15 is 0 Å². The maximum absolute atomic E-state index is 13.2. The molecule has 0 amide bonds. The van der Waals surface area contributed by atoms with Crippen LogP contribution < -0.4 is 10.1 Å². The van der Waals surface area contributed by atoms with Crippen LogP contribution in [0.2, 0.25) is 0 Å². The van der Waals surface area contributed by atoms with E-state index in [4.69, 9.17) is 4.74 Å². The van der Waals surface area contributed by atoms with Crippen LogP contribution in [0.5, 0.6) is 5.75 Å². The number of benzene rings is 1. The standard InChI is InChI=1S/C20H28N2O3S/c1-3-4-5-6-7-8-12-20(18-10-9-11-19(17-18)25-2)26(23,24)22-15-13-21-14-16-22/h9-12,17,21H,3-6,13-16H2,1-2H3/b20-12+. The highest BCUT2D eigenvalue weighted by Crippen LogP contribution is 2.27. The topological polar surface area (TPSA) is 58.6 Å². The highest BCUT2D eigenvalue weighted by molar-refractivity contribution is 7.98. The molecule has 5 nitrogen and oxygen atoms in total. The molecule has 1 aromatic rings. The van der Waals surface area contributed by atoms with Gasteiger partial charge in [-0.3, -0.25) is 0 Å². The van der Waals surface area contributed by atoms with Crippen LogP contribution in [-0.2, 0) is 10.0 Å². The second-order valence-corrected chi connectivity index (χ2v) is 8.08. The minimum absolute atomic E-state index is 0.237. The monoisotopic (exact) mass is 376 g/mol. The van der Waals surface area contributed by atoms with Gasteiger partial charge in [-0.2, -0.15) is 4.31 Å². The number of rotatable bonds is 7. The van der Waals surface area contributed by atoms with Crippen molar-refractivity contribution in [2.24, 2.45) is 0 Å². The lowest BCUT2D eigenvalue weighted by molar-refractivity contribution is 0.365. The van der Waals surface area contributed by atoms with Crippen LogP contribution in [0, 0.1) is 11.8 Å². The molecule has 2 rings (SSSR count). The molecule has 0 atom stereocenters. The van der Waals surface area contributed by atoms with Crippen LogP contribution >= 0.6 is 0 Å². The zero-order valence-electron chi connectivity index (χ0n) is 15.6. The Balaban J connectivity index is 2.34. The Labute approximate surface area is 157 Å². The van der Waals surface area contributed by atoms with Crippen LogP contribution in [0.1, 0.15) is 38.2 Å². The number of sulfonamides is 1. The van der Waals surface area contributed by atoms with Crippen LogP contribution in [0.15, 0.2) is 30.3 Å². The maximum Gasteiger partial charge on any atom is 0.244 e. The van der Waals surface area contributed by atoms with Gasteiger partial charge >= 0.3 is 0 Å². The lowest BCUT2D eigenvalue weighted by atomic mass is 10.2. The van der Waals surface area contributed by atoms with Gasteiger partial charge in [0.25, 0.3) is 0 Å². The first-order chi connectivity index (χ1) is 12.6. The van der Waals surface area contributed by atoms with Gasteiger partial charge in [0.05, 0.1) is 12.0 Å². The lowest BCUT2D eigenvalue weighted by Crippen LogP contribution is -2.46. The Morgan fingerprint density at radius 3 is 2.77 bits per heavy atom. The minimum atomic E-state index is -3.60. The molecule has 1 fully saturated rings. The highest BCUT2D eigenvalue weighted by Gasteiger charge is 2.29. The molecule has 0 aliphatic carbocycles. The third-order valence-electron chi connectivity index (χ3n) is 4.26. The molecule has 142 valence electrons. The molecule has 0 aromatic heterocycles. The second kappa shape index (κ2) is 10.4. The van der Waals surface area contributed by atoms with E-state index in [1.54, 1.807) is 31.4 Å². The summed E-state index contributed by atoms with van der Waals surface area (Å²) in [6.07, 6.45) is 5.64. The fourth-order valence-electron chi connectivity index (χ4n) is 2.76. The normalized spacial score (nSPS) is 16.0. The number of piperazine rings is 1. The third kappa shape index (κ3) is 5.60. The first-order valence-corrected chi connectivity index (χ1v) is 10.6. The van der Waals surface area contributed by atoms with E-state index in [0.29, 0.717) is 37.5 Å². The Hall–Kier alpha value is -1.81. The SMILES string of the molecule is CCCCCC#C/C=C(\c1cccc(OC)c1)S(=O)(=O)N1CCNCC1. The molecule has 1 aromatic carbocycles. The first-order valence-electron chi connectivity index (χ1n) is 9.13. The molecule has 0 spiro atoms. The number of nitrogens with zero attached hydrogens (tertiary/aromatic N) is 1. The van der Waals surface area contributed by atoms with E-state index in [2.05, 4.69) is 24.1 Å². The summed E-state index contributed by atoms with van der Waals surface area (Å²) in [7, 11) is -2.03. The summed E-state index contributed by atoms with van der Waals surface area (Å²) >= 11 is 0. The molecule has 1 heterocycles. The molecular formula is C20H28N2O3S. The molecular weight excluding hydrogens is 348 g/mol. The number of unbranched alkanes of at least 4 members (excludes halogenated alkanes) is 3. The van der Waals surface area contributed by atoms with Crippen molar-refractivity contribution < 1.29 is 13.2 Å². The van der Waals surface area contributed by atoms with Gasteiger partial charge in [-0.1, -0.05) is 43.7 Å². The average molecular weight is 377 g/mol. The number of methoxy groups -OCH3 is 1. The zero-order valence-corrected chi connectivity index (χ0v) is 16.4. The van der Waals surface area contributed by atoms with Crippen molar-refractivity contribution >= 4 is 14.9 Å². The fraction of sp³-hybridized carbons (Fsp3) is 0.500. The zero-order chi connectivity index (χ0) is 18.8. The fourth-order valence-corrected chi connectivity index (χ4v) is 4.33. The summed E-state index contributed by atoms with van der Waals surface area (Å²) in [5, 5.41) is 3.18. The summed E-state index contributed by atoms with van der Waals surface area (Å²) in [5.74, 6) is 6.65. The summed E-state index contributed by atoms with van der Waals surface area (Å²) in [6.45, 7) is 4.40. The largest absolute Gasteiger partial charge is 0.497 e. The van der Waals surface area contributed by atoms with Crippen molar-refractivity contribution in [3.8, 4) is 17.6 Å². The van der Waals surface area contributed by atoms with Crippen LogP contribution in [0.25, 0.3) is 4.91 Å². The van der Waals surface area contributed by atoms with Crippen molar-refractivity contribution in [2.75, 3.05) is 33.3 Å². The van der Waals surface area contributed by atoms with Gasteiger partial charge in [0.1, 0.15) is 5.75 Å². The van der Waals surface area contributed by atoms with Crippen LogP contribution in [-0.4, -0.2) is 46.0 Å². The maximum atomic E-state index is 13.2. The van der Waals surface area contributed by atoms with E-state index in [0.717, 1.165) is 25.7 Å². The number of hydrogen-bond acceptors (Lipinski definition) is 4. The summed E-state index contributed by atoms with van der Waals surface area (Å²) in [6, 6.07) is 7.12.